The van der Waals surface area contributed by atoms with Crippen molar-refractivity contribution in [3.8, 4) is 0 Å². The maximum atomic E-state index is 11.4. The Bertz CT molecular complexity index is 334. The Kier molecular flexibility index (Phi) is 5.07. The van der Waals surface area contributed by atoms with Gasteiger partial charge in [0.1, 0.15) is 11.6 Å². The summed E-state index contributed by atoms with van der Waals surface area (Å²) in [6.45, 7) is 1.32. The molecular formula is C9H15ClN4O2. The second kappa shape index (κ2) is 6.34. The fourth-order valence-electron chi connectivity index (χ4n) is 1.14. The fraction of sp³-hybridized carbons (Fsp3) is 0.556. The maximum absolute atomic E-state index is 11.4. The first-order valence-corrected chi connectivity index (χ1v) is 5.25. The van der Waals surface area contributed by atoms with Crippen molar-refractivity contribution in [3.05, 3.63) is 11.2 Å². The molecule has 0 bridgehead atoms. The number of carbonyl (C=O) groups is 1. The number of methoxy groups -OCH3 is 1. The Labute approximate surface area is 98.7 Å². The zero-order valence-electron chi connectivity index (χ0n) is 9.07. The molecule has 0 saturated carbocycles. The molecule has 0 atom stereocenters. The normalized spacial score (nSPS) is 10.4. The molecule has 0 fully saturated rings. The predicted octanol–water partition coefficient (Wildman–Crippen LogP) is 0.271. The lowest BCUT2D eigenvalue weighted by Crippen LogP contribution is -2.29. The van der Waals surface area contributed by atoms with Crippen LogP contribution in [0.1, 0.15) is 6.42 Å². The van der Waals surface area contributed by atoms with Gasteiger partial charge in [-0.1, -0.05) is 11.6 Å². The van der Waals surface area contributed by atoms with Crippen LogP contribution in [0.2, 0.25) is 5.02 Å². The highest BCUT2D eigenvalue weighted by Gasteiger charge is 2.06. The van der Waals surface area contributed by atoms with Crippen molar-refractivity contribution in [1.29, 1.82) is 0 Å². The summed E-state index contributed by atoms with van der Waals surface area (Å²) in [6.07, 6.45) is 2.30. The third-order valence-corrected chi connectivity index (χ3v) is 2.19. The second-order valence-corrected chi connectivity index (χ2v) is 3.66. The summed E-state index contributed by atoms with van der Waals surface area (Å²) in [5.41, 5.74) is 5.44. The monoisotopic (exact) mass is 246 g/mol. The predicted molar refractivity (Wildman–Crippen MR) is 61.2 cm³/mol. The summed E-state index contributed by atoms with van der Waals surface area (Å²) in [5.74, 6) is 0.101. The fourth-order valence-corrected chi connectivity index (χ4v) is 1.29. The van der Waals surface area contributed by atoms with Crippen LogP contribution in [0, 0.1) is 0 Å². The Morgan fingerprint density at radius 2 is 2.50 bits per heavy atom. The van der Waals surface area contributed by atoms with E-state index in [-0.39, 0.29) is 18.3 Å². The second-order valence-electron chi connectivity index (χ2n) is 3.26. The summed E-state index contributed by atoms with van der Waals surface area (Å²) in [4.78, 5) is 11.4. The summed E-state index contributed by atoms with van der Waals surface area (Å²) in [6, 6.07) is 0. The summed E-state index contributed by atoms with van der Waals surface area (Å²) in [7, 11) is 1.62. The molecule has 0 saturated heterocycles. The van der Waals surface area contributed by atoms with Crippen molar-refractivity contribution < 1.29 is 9.53 Å². The van der Waals surface area contributed by atoms with E-state index >= 15 is 0 Å². The van der Waals surface area contributed by atoms with E-state index in [4.69, 9.17) is 22.1 Å². The van der Waals surface area contributed by atoms with Crippen molar-refractivity contribution >= 4 is 23.3 Å². The summed E-state index contributed by atoms with van der Waals surface area (Å²) in [5, 5.41) is 6.96. The molecule has 6 nitrogen and oxygen atoms in total. The standard InChI is InChI=1S/C9H15ClN4O2/c1-16-4-2-3-12-8(15)6-14-5-7(10)9(11)13-14/h5H,2-4,6H2,1H3,(H2,11,13)(H,12,15). The minimum atomic E-state index is -0.129. The highest BCUT2D eigenvalue weighted by molar-refractivity contribution is 6.32. The SMILES string of the molecule is COCCCNC(=O)Cn1cc(Cl)c(N)n1. The van der Waals surface area contributed by atoms with E-state index in [0.29, 0.717) is 18.2 Å². The van der Waals surface area contributed by atoms with Crippen LogP contribution in [0.5, 0.6) is 0 Å². The van der Waals surface area contributed by atoms with E-state index < -0.39 is 0 Å². The first-order chi connectivity index (χ1) is 7.63. The molecule has 0 aliphatic heterocycles. The third kappa shape index (κ3) is 4.08. The smallest absolute Gasteiger partial charge is 0.241 e. The number of rotatable bonds is 6. The maximum Gasteiger partial charge on any atom is 0.241 e. The molecule has 7 heteroatoms. The lowest BCUT2D eigenvalue weighted by atomic mass is 10.4. The number of aromatic nitrogens is 2. The number of amides is 1. The number of halogens is 1. The number of ether oxygens (including phenoxy) is 1. The van der Waals surface area contributed by atoms with Crippen LogP contribution in [0.15, 0.2) is 6.20 Å². The van der Waals surface area contributed by atoms with Crippen LogP contribution in [-0.4, -0.2) is 35.9 Å². The van der Waals surface area contributed by atoms with Crippen LogP contribution in [-0.2, 0) is 16.1 Å². The van der Waals surface area contributed by atoms with Gasteiger partial charge in [-0.2, -0.15) is 5.10 Å². The van der Waals surface area contributed by atoms with Crippen molar-refractivity contribution in [1.82, 2.24) is 15.1 Å². The Morgan fingerprint density at radius 3 is 3.06 bits per heavy atom. The van der Waals surface area contributed by atoms with E-state index in [0.717, 1.165) is 6.42 Å². The topological polar surface area (TPSA) is 82.2 Å². The highest BCUT2D eigenvalue weighted by Crippen LogP contribution is 2.14. The largest absolute Gasteiger partial charge is 0.385 e. The van der Waals surface area contributed by atoms with Gasteiger partial charge in [-0.3, -0.25) is 9.48 Å². The lowest BCUT2D eigenvalue weighted by molar-refractivity contribution is -0.121. The van der Waals surface area contributed by atoms with Crippen molar-refractivity contribution in [2.24, 2.45) is 0 Å². The summed E-state index contributed by atoms with van der Waals surface area (Å²) >= 11 is 5.70. The average molecular weight is 247 g/mol. The van der Waals surface area contributed by atoms with Gasteiger partial charge < -0.3 is 15.8 Å². The Balaban J connectivity index is 2.28. The van der Waals surface area contributed by atoms with Gasteiger partial charge in [-0.15, -0.1) is 0 Å². The van der Waals surface area contributed by atoms with Gasteiger partial charge in [-0.05, 0) is 6.42 Å². The number of carbonyl (C=O) groups excluding carboxylic acids is 1. The van der Waals surface area contributed by atoms with Crippen molar-refractivity contribution in [2.45, 2.75) is 13.0 Å². The zero-order valence-corrected chi connectivity index (χ0v) is 9.83. The van der Waals surface area contributed by atoms with Gasteiger partial charge in [0.2, 0.25) is 5.91 Å². The van der Waals surface area contributed by atoms with Gasteiger partial charge in [0, 0.05) is 26.5 Å². The number of nitrogen functional groups attached to an aromatic ring is 1. The van der Waals surface area contributed by atoms with Crippen molar-refractivity contribution in [3.63, 3.8) is 0 Å². The molecule has 0 aliphatic carbocycles. The Morgan fingerprint density at radius 1 is 1.75 bits per heavy atom. The van der Waals surface area contributed by atoms with E-state index in [1.807, 2.05) is 0 Å². The molecule has 0 spiro atoms. The van der Waals surface area contributed by atoms with Crippen LogP contribution in [0.25, 0.3) is 0 Å². The third-order valence-electron chi connectivity index (χ3n) is 1.90. The van der Waals surface area contributed by atoms with Gasteiger partial charge >= 0.3 is 0 Å². The molecule has 1 amide bonds. The molecule has 16 heavy (non-hydrogen) atoms. The van der Waals surface area contributed by atoms with Gasteiger partial charge in [0.15, 0.2) is 5.82 Å². The van der Waals surface area contributed by atoms with E-state index in [1.165, 1.54) is 10.9 Å². The summed E-state index contributed by atoms with van der Waals surface area (Å²) < 4.78 is 6.26. The molecule has 0 aliphatic rings. The molecule has 1 rings (SSSR count). The molecule has 0 unspecified atom stereocenters. The molecule has 1 aromatic heterocycles. The molecule has 1 aromatic rings. The number of hydrogen-bond acceptors (Lipinski definition) is 4. The molecular weight excluding hydrogens is 232 g/mol. The first kappa shape index (κ1) is 12.8. The molecule has 0 aromatic carbocycles. The van der Waals surface area contributed by atoms with Crippen molar-refractivity contribution in [2.75, 3.05) is 26.0 Å². The minimum Gasteiger partial charge on any atom is -0.385 e. The van der Waals surface area contributed by atoms with Gasteiger partial charge in [0.05, 0.1) is 0 Å². The average Bonchev–Trinajstić information content (AvgIpc) is 2.53. The molecule has 3 N–H and O–H groups in total. The number of nitrogens with zero attached hydrogens (tertiary/aromatic N) is 2. The molecule has 90 valence electrons. The molecule has 1 heterocycles. The van der Waals surface area contributed by atoms with Gasteiger partial charge in [-0.25, -0.2) is 0 Å². The number of nitrogens with two attached hydrogens (primary N) is 1. The minimum absolute atomic E-state index is 0.115. The number of anilines is 1. The highest BCUT2D eigenvalue weighted by atomic mass is 35.5. The Hall–Kier alpha value is -1.27. The van der Waals surface area contributed by atoms with E-state index in [9.17, 15) is 4.79 Å². The van der Waals surface area contributed by atoms with Crippen LogP contribution >= 0.6 is 11.6 Å². The zero-order chi connectivity index (χ0) is 12.0. The quantitative estimate of drug-likeness (QED) is 0.706. The van der Waals surface area contributed by atoms with E-state index in [1.54, 1.807) is 7.11 Å². The number of nitrogens with one attached hydrogen (secondary N) is 1. The lowest BCUT2D eigenvalue weighted by Gasteiger charge is -2.04. The van der Waals surface area contributed by atoms with Gasteiger partial charge in [0.25, 0.3) is 0 Å². The molecule has 0 radical (unpaired) electrons. The van der Waals surface area contributed by atoms with Crippen LogP contribution in [0.4, 0.5) is 5.82 Å². The van der Waals surface area contributed by atoms with Crippen LogP contribution < -0.4 is 11.1 Å². The number of hydrogen-bond donors (Lipinski definition) is 2. The first-order valence-electron chi connectivity index (χ1n) is 4.87. The van der Waals surface area contributed by atoms with Crippen LogP contribution in [0.3, 0.4) is 0 Å². The van der Waals surface area contributed by atoms with E-state index in [2.05, 4.69) is 10.4 Å².